The van der Waals surface area contributed by atoms with Crippen LogP contribution >= 0.6 is 0 Å². The Bertz CT molecular complexity index is 844. The van der Waals surface area contributed by atoms with Crippen LogP contribution in [-0.2, 0) is 22.4 Å². The van der Waals surface area contributed by atoms with E-state index in [2.05, 4.69) is 10.2 Å². The van der Waals surface area contributed by atoms with Crippen LogP contribution in [0.4, 0.5) is 4.39 Å². The molecule has 0 spiro atoms. The lowest BCUT2D eigenvalue weighted by atomic mass is 10.1. The molecule has 5 nitrogen and oxygen atoms in total. The van der Waals surface area contributed by atoms with Gasteiger partial charge >= 0.3 is 0 Å². The summed E-state index contributed by atoms with van der Waals surface area (Å²) < 4.78 is 13.0. The normalized spacial score (nSPS) is 15.6. The maximum Gasteiger partial charge on any atom is 0.237 e. The number of hydrogen-bond donors (Lipinski definition) is 1. The van der Waals surface area contributed by atoms with Crippen molar-refractivity contribution in [2.24, 2.45) is 0 Å². The number of carbonyl (C=O) groups excluding carboxylic acids is 2. The van der Waals surface area contributed by atoms with Crippen molar-refractivity contribution in [2.45, 2.75) is 32.7 Å². The molecule has 30 heavy (non-hydrogen) atoms. The largest absolute Gasteiger partial charge is 0.354 e. The van der Waals surface area contributed by atoms with Crippen molar-refractivity contribution in [3.63, 3.8) is 0 Å². The summed E-state index contributed by atoms with van der Waals surface area (Å²) in [5, 5.41) is 2.96. The third-order valence-corrected chi connectivity index (χ3v) is 5.70. The number of nitrogens with one attached hydrogen (secondary N) is 1. The zero-order chi connectivity index (χ0) is 21.5. The molecule has 1 N–H and O–H groups in total. The third-order valence-electron chi connectivity index (χ3n) is 5.70. The molecule has 160 valence electrons. The molecule has 0 radical (unpaired) electrons. The molecule has 1 atom stereocenters. The fourth-order valence-corrected chi connectivity index (χ4v) is 3.65. The molecule has 1 saturated heterocycles. The molecule has 0 bridgehead atoms. The number of rotatable bonds is 7. The minimum Gasteiger partial charge on any atom is -0.354 e. The molecule has 1 heterocycles. The SMILES string of the molecule is Cc1ccc(CC(=O)N2CCN(C(C)C(=O)NCCc3ccc(F)cc3)CC2)cc1. The van der Waals surface area contributed by atoms with Gasteiger partial charge in [0.05, 0.1) is 12.5 Å². The fraction of sp³-hybridized carbons (Fsp3) is 0.417. The highest BCUT2D eigenvalue weighted by Gasteiger charge is 2.27. The first-order chi connectivity index (χ1) is 14.4. The van der Waals surface area contributed by atoms with Gasteiger partial charge in [0.15, 0.2) is 0 Å². The zero-order valence-corrected chi connectivity index (χ0v) is 17.7. The summed E-state index contributed by atoms with van der Waals surface area (Å²) in [6.45, 7) is 7.10. The van der Waals surface area contributed by atoms with Gasteiger partial charge in [-0.2, -0.15) is 0 Å². The summed E-state index contributed by atoms with van der Waals surface area (Å²) in [6.07, 6.45) is 1.08. The standard InChI is InChI=1S/C24H30FN3O2/c1-18-3-5-21(6-4-18)17-23(29)28-15-13-27(14-16-28)19(2)24(30)26-12-11-20-7-9-22(25)10-8-20/h3-10,19H,11-17H2,1-2H3,(H,26,30). The molecule has 1 aliphatic heterocycles. The Morgan fingerprint density at radius 3 is 2.20 bits per heavy atom. The van der Waals surface area contributed by atoms with E-state index >= 15 is 0 Å². The van der Waals surface area contributed by atoms with Crippen molar-refractivity contribution in [2.75, 3.05) is 32.7 Å². The average Bonchev–Trinajstić information content (AvgIpc) is 2.76. The molecule has 2 aromatic carbocycles. The number of piperazine rings is 1. The quantitative estimate of drug-likeness (QED) is 0.762. The number of benzene rings is 2. The van der Waals surface area contributed by atoms with Gasteiger partial charge in [0.25, 0.3) is 0 Å². The van der Waals surface area contributed by atoms with Gasteiger partial charge in [-0.1, -0.05) is 42.0 Å². The fourth-order valence-electron chi connectivity index (χ4n) is 3.65. The predicted octanol–water partition coefficient (Wildman–Crippen LogP) is 2.57. The molecule has 6 heteroatoms. The highest BCUT2D eigenvalue weighted by Crippen LogP contribution is 2.11. The highest BCUT2D eigenvalue weighted by molar-refractivity contribution is 5.81. The molecule has 2 amide bonds. The molecule has 1 fully saturated rings. The predicted molar refractivity (Wildman–Crippen MR) is 116 cm³/mol. The molecule has 0 saturated carbocycles. The van der Waals surface area contributed by atoms with Crippen molar-refractivity contribution < 1.29 is 14.0 Å². The topological polar surface area (TPSA) is 52.7 Å². The van der Waals surface area contributed by atoms with Gasteiger partial charge in [-0.05, 0) is 43.5 Å². The average molecular weight is 412 g/mol. The first-order valence-electron chi connectivity index (χ1n) is 10.5. The second kappa shape index (κ2) is 10.3. The van der Waals surface area contributed by atoms with Crippen molar-refractivity contribution in [3.05, 3.63) is 71.0 Å². The molecule has 1 aliphatic rings. The Morgan fingerprint density at radius 2 is 1.57 bits per heavy atom. The lowest BCUT2D eigenvalue weighted by molar-refractivity contribution is -0.133. The summed E-state index contributed by atoms with van der Waals surface area (Å²) in [5.41, 5.74) is 3.21. The minimum atomic E-state index is -0.257. The van der Waals surface area contributed by atoms with E-state index in [1.165, 1.54) is 17.7 Å². The van der Waals surface area contributed by atoms with Gasteiger partial charge < -0.3 is 10.2 Å². The molecular formula is C24H30FN3O2. The summed E-state index contributed by atoms with van der Waals surface area (Å²) in [4.78, 5) is 29.0. The third kappa shape index (κ3) is 6.13. The number of aryl methyl sites for hydroxylation is 1. The number of hydrogen-bond acceptors (Lipinski definition) is 3. The van der Waals surface area contributed by atoms with Crippen LogP contribution in [0.2, 0.25) is 0 Å². The first-order valence-corrected chi connectivity index (χ1v) is 10.5. The summed E-state index contributed by atoms with van der Waals surface area (Å²) in [7, 11) is 0. The second-order valence-corrected chi connectivity index (χ2v) is 7.92. The van der Waals surface area contributed by atoms with Gasteiger partial charge in [0, 0.05) is 32.7 Å². The zero-order valence-electron chi connectivity index (χ0n) is 17.7. The molecule has 2 aromatic rings. The van der Waals surface area contributed by atoms with E-state index in [4.69, 9.17) is 0 Å². The van der Waals surface area contributed by atoms with Crippen LogP contribution in [0, 0.1) is 12.7 Å². The lowest BCUT2D eigenvalue weighted by Crippen LogP contribution is -2.55. The van der Waals surface area contributed by atoms with E-state index in [0.717, 1.165) is 11.1 Å². The summed E-state index contributed by atoms with van der Waals surface area (Å²) in [5.74, 6) is -0.139. The van der Waals surface area contributed by atoms with Gasteiger partial charge in [-0.25, -0.2) is 4.39 Å². The van der Waals surface area contributed by atoms with Crippen molar-refractivity contribution >= 4 is 11.8 Å². The smallest absolute Gasteiger partial charge is 0.237 e. The van der Waals surface area contributed by atoms with Crippen LogP contribution in [0.3, 0.4) is 0 Å². The van der Waals surface area contributed by atoms with Crippen LogP contribution in [0.25, 0.3) is 0 Å². The van der Waals surface area contributed by atoms with Crippen LogP contribution in [0.1, 0.15) is 23.6 Å². The van der Waals surface area contributed by atoms with Crippen LogP contribution in [0.15, 0.2) is 48.5 Å². The van der Waals surface area contributed by atoms with E-state index in [1.54, 1.807) is 12.1 Å². The van der Waals surface area contributed by atoms with E-state index in [-0.39, 0.29) is 23.7 Å². The Balaban J connectivity index is 1.39. The molecule has 1 unspecified atom stereocenters. The van der Waals surface area contributed by atoms with Crippen molar-refractivity contribution in [1.82, 2.24) is 15.1 Å². The minimum absolute atomic E-state index is 0.0171. The van der Waals surface area contributed by atoms with Crippen molar-refractivity contribution in [1.29, 1.82) is 0 Å². The number of amides is 2. The van der Waals surface area contributed by atoms with Gasteiger partial charge in [-0.3, -0.25) is 14.5 Å². The summed E-state index contributed by atoms with van der Waals surface area (Å²) in [6, 6.07) is 14.1. The number of halogens is 1. The van der Waals surface area contributed by atoms with E-state index in [9.17, 15) is 14.0 Å². The maximum absolute atomic E-state index is 13.0. The van der Waals surface area contributed by atoms with Crippen LogP contribution in [-0.4, -0.2) is 60.4 Å². The number of carbonyl (C=O) groups is 2. The first kappa shape index (κ1) is 22.0. The molecular weight excluding hydrogens is 381 g/mol. The molecule has 3 rings (SSSR count). The Kier molecular flexibility index (Phi) is 7.57. The van der Waals surface area contributed by atoms with E-state index in [0.29, 0.717) is 45.6 Å². The van der Waals surface area contributed by atoms with Crippen LogP contribution < -0.4 is 5.32 Å². The Hall–Kier alpha value is -2.73. The maximum atomic E-state index is 13.0. The Morgan fingerprint density at radius 1 is 0.967 bits per heavy atom. The van der Waals surface area contributed by atoms with Gasteiger partial charge in [-0.15, -0.1) is 0 Å². The monoisotopic (exact) mass is 411 g/mol. The van der Waals surface area contributed by atoms with E-state index in [1.807, 2.05) is 43.0 Å². The van der Waals surface area contributed by atoms with E-state index < -0.39 is 0 Å². The van der Waals surface area contributed by atoms with Gasteiger partial charge in [0.1, 0.15) is 5.82 Å². The van der Waals surface area contributed by atoms with Gasteiger partial charge in [0.2, 0.25) is 11.8 Å². The van der Waals surface area contributed by atoms with Crippen LogP contribution in [0.5, 0.6) is 0 Å². The molecule has 0 aliphatic carbocycles. The van der Waals surface area contributed by atoms with Crippen molar-refractivity contribution in [3.8, 4) is 0 Å². The lowest BCUT2D eigenvalue weighted by Gasteiger charge is -2.37. The highest BCUT2D eigenvalue weighted by atomic mass is 19.1. The second-order valence-electron chi connectivity index (χ2n) is 7.92. The Labute approximate surface area is 177 Å². The summed E-state index contributed by atoms with van der Waals surface area (Å²) >= 11 is 0. The number of nitrogens with zero attached hydrogens (tertiary/aromatic N) is 2. The molecule has 0 aromatic heterocycles.